The molecule has 3 heteroatoms. The molecule has 20 heavy (non-hydrogen) atoms. The molecule has 2 saturated carbocycles. The summed E-state index contributed by atoms with van der Waals surface area (Å²) in [6.07, 6.45) is 8.44. The quantitative estimate of drug-likeness (QED) is 0.885. The molecule has 2 nitrogen and oxygen atoms in total. The molecule has 3 rings (SSSR count). The highest BCUT2D eigenvalue weighted by atomic mass is 79.9. The maximum Gasteiger partial charge on any atom is 0.0720 e. The van der Waals surface area contributed by atoms with Crippen LogP contribution >= 0.6 is 15.9 Å². The summed E-state index contributed by atoms with van der Waals surface area (Å²) in [6, 6.07) is 9.13. The first-order chi connectivity index (χ1) is 9.74. The van der Waals surface area contributed by atoms with E-state index in [1.807, 2.05) is 0 Å². The van der Waals surface area contributed by atoms with Crippen LogP contribution in [0.5, 0.6) is 0 Å². The Morgan fingerprint density at radius 3 is 2.55 bits per heavy atom. The van der Waals surface area contributed by atoms with Gasteiger partial charge in [-0.2, -0.15) is 0 Å². The van der Waals surface area contributed by atoms with Crippen LogP contribution < -0.4 is 5.32 Å². The van der Waals surface area contributed by atoms with Gasteiger partial charge in [0.15, 0.2) is 0 Å². The summed E-state index contributed by atoms with van der Waals surface area (Å²) in [7, 11) is 2.10. The van der Waals surface area contributed by atoms with Crippen molar-refractivity contribution in [3.8, 4) is 0 Å². The standard InChI is InChI=1S/C17H24BrNO/c1-19-15-11-16(17(15)9-3-2-4-10-17)20-12-13-5-7-14(18)8-6-13/h5-8,15-16,19H,2-4,9-12H2,1H3. The highest BCUT2D eigenvalue weighted by Gasteiger charge is 2.54. The van der Waals surface area contributed by atoms with Crippen LogP contribution in [0.25, 0.3) is 0 Å². The minimum absolute atomic E-state index is 0.419. The van der Waals surface area contributed by atoms with Crippen LogP contribution in [0.1, 0.15) is 44.1 Å². The predicted molar refractivity (Wildman–Crippen MR) is 85.7 cm³/mol. The zero-order valence-corrected chi connectivity index (χ0v) is 13.8. The fourth-order valence-electron chi connectivity index (χ4n) is 4.04. The minimum Gasteiger partial charge on any atom is -0.373 e. The Bertz CT molecular complexity index is 439. The van der Waals surface area contributed by atoms with Gasteiger partial charge in [-0.1, -0.05) is 47.3 Å². The van der Waals surface area contributed by atoms with Gasteiger partial charge in [-0.25, -0.2) is 0 Å². The van der Waals surface area contributed by atoms with E-state index in [9.17, 15) is 0 Å². The number of nitrogens with one attached hydrogen (secondary N) is 1. The van der Waals surface area contributed by atoms with E-state index >= 15 is 0 Å². The molecule has 0 aromatic heterocycles. The second-order valence-corrected chi connectivity index (χ2v) is 7.21. The maximum atomic E-state index is 6.27. The fourth-order valence-corrected chi connectivity index (χ4v) is 4.31. The van der Waals surface area contributed by atoms with E-state index in [4.69, 9.17) is 4.74 Å². The second kappa shape index (κ2) is 6.17. The van der Waals surface area contributed by atoms with Crippen molar-refractivity contribution in [3.63, 3.8) is 0 Å². The van der Waals surface area contributed by atoms with Gasteiger partial charge in [0.05, 0.1) is 12.7 Å². The summed E-state index contributed by atoms with van der Waals surface area (Å²) in [5.41, 5.74) is 1.69. The zero-order valence-electron chi connectivity index (χ0n) is 12.2. The molecule has 0 heterocycles. The molecule has 1 aromatic rings. The van der Waals surface area contributed by atoms with Crippen LogP contribution in [0.3, 0.4) is 0 Å². The highest BCUT2D eigenvalue weighted by molar-refractivity contribution is 9.10. The monoisotopic (exact) mass is 337 g/mol. The summed E-state index contributed by atoms with van der Waals surface area (Å²) < 4.78 is 7.40. The number of ether oxygens (including phenoxy) is 1. The Morgan fingerprint density at radius 2 is 1.90 bits per heavy atom. The fraction of sp³-hybridized carbons (Fsp3) is 0.647. The number of hydrogen-bond acceptors (Lipinski definition) is 2. The third-order valence-electron chi connectivity index (χ3n) is 5.28. The second-order valence-electron chi connectivity index (χ2n) is 6.30. The average molecular weight is 338 g/mol. The number of hydrogen-bond donors (Lipinski definition) is 1. The molecular formula is C17H24BrNO. The maximum absolute atomic E-state index is 6.27. The lowest BCUT2D eigenvalue weighted by Gasteiger charge is -2.57. The Kier molecular flexibility index (Phi) is 4.49. The molecule has 2 unspecified atom stereocenters. The summed E-state index contributed by atoms with van der Waals surface area (Å²) in [5, 5.41) is 3.51. The topological polar surface area (TPSA) is 21.3 Å². The van der Waals surface area contributed by atoms with Crippen LogP contribution in [-0.4, -0.2) is 19.2 Å². The molecule has 0 amide bonds. The highest BCUT2D eigenvalue weighted by Crippen LogP contribution is 2.53. The number of rotatable bonds is 4. The van der Waals surface area contributed by atoms with Crippen LogP contribution in [0, 0.1) is 5.41 Å². The molecule has 1 spiro atoms. The van der Waals surface area contributed by atoms with Crippen molar-refractivity contribution in [2.24, 2.45) is 5.41 Å². The summed E-state index contributed by atoms with van der Waals surface area (Å²) in [4.78, 5) is 0. The lowest BCUT2D eigenvalue weighted by Crippen LogP contribution is -2.63. The normalized spacial score (nSPS) is 28.3. The first kappa shape index (κ1) is 14.6. The van der Waals surface area contributed by atoms with Crippen LogP contribution in [0.4, 0.5) is 0 Å². The van der Waals surface area contributed by atoms with E-state index in [0.29, 0.717) is 17.6 Å². The molecule has 2 fully saturated rings. The van der Waals surface area contributed by atoms with Gasteiger partial charge in [0.25, 0.3) is 0 Å². The molecule has 1 aromatic carbocycles. The summed E-state index contributed by atoms with van der Waals surface area (Å²) >= 11 is 3.48. The van der Waals surface area contributed by atoms with Crippen LogP contribution in [-0.2, 0) is 11.3 Å². The van der Waals surface area contributed by atoms with Crippen LogP contribution in [0.2, 0.25) is 0 Å². The molecule has 0 radical (unpaired) electrons. The summed E-state index contributed by atoms with van der Waals surface area (Å²) in [6.45, 7) is 0.746. The van der Waals surface area contributed by atoms with Gasteiger partial charge in [0.1, 0.15) is 0 Å². The van der Waals surface area contributed by atoms with Gasteiger partial charge in [-0.05, 0) is 44.0 Å². The third kappa shape index (κ3) is 2.68. The Morgan fingerprint density at radius 1 is 1.20 bits per heavy atom. The van der Waals surface area contributed by atoms with E-state index in [2.05, 4.69) is 52.6 Å². The van der Waals surface area contributed by atoms with Crippen molar-refractivity contribution in [3.05, 3.63) is 34.3 Å². The molecule has 0 bridgehead atoms. The molecule has 0 saturated heterocycles. The van der Waals surface area contributed by atoms with Gasteiger partial charge < -0.3 is 10.1 Å². The van der Waals surface area contributed by atoms with Gasteiger partial charge in [0, 0.05) is 15.9 Å². The van der Waals surface area contributed by atoms with Crippen LogP contribution in [0.15, 0.2) is 28.7 Å². The number of halogens is 1. The van der Waals surface area contributed by atoms with E-state index < -0.39 is 0 Å². The van der Waals surface area contributed by atoms with Crippen molar-refractivity contribution in [1.29, 1.82) is 0 Å². The van der Waals surface area contributed by atoms with E-state index in [0.717, 1.165) is 11.1 Å². The van der Waals surface area contributed by atoms with E-state index in [-0.39, 0.29) is 0 Å². The van der Waals surface area contributed by atoms with Gasteiger partial charge in [0.2, 0.25) is 0 Å². The smallest absolute Gasteiger partial charge is 0.0720 e. The molecule has 110 valence electrons. The number of benzene rings is 1. The molecule has 2 aliphatic carbocycles. The summed E-state index contributed by atoms with van der Waals surface area (Å²) in [5.74, 6) is 0. The van der Waals surface area contributed by atoms with Crippen molar-refractivity contribution in [2.75, 3.05) is 7.05 Å². The van der Waals surface area contributed by atoms with Crippen molar-refractivity contribution in [1.82, 2.24) is 5.32 Å². The molecule has 0 aliphatic heterocycles. The first-order valence-electron chi connectivity index (χ1n) is 7.78. The van der Waals surface area contributed by atoms with Gasteiger partial charge in [-0.3, -0.25) is 0 Å². The lowest BCUT2D eigenvalue weighted by atomic mass is 9.55. The molecule has 2 aliphatic rings. The average Bonchev–Trinajstić information content (AvgIpc) is 2.49. The van der Waals surface area contributed by atoms with Gasteiger partial charge >= 0.3 is 0 Å². The van der Waals surface area contributed by atoms with Gasteiger partial charge in [-0.15, -0.1) is 0 Å². The van der Waals surface area contributed by atoms with E-state index in [1.165, 1.54) is 44.1 Å². The third-order valence-corrected chi connectivity index (χ3v) is 5.81. The molecular weight excluding hydrogens is 314 g/mol. The SMILES string of the molecule is CNC1CC(OCc2ccc(Br)cc2)C12CCCCC2. The minimum atomic E-state index is 0.419. The van der Waals surface area contributed by atoms with Crippen molar-refractivity contribution < 1.29 is 4.74 Å². The zero-order chi connectivity index (χ0) is 14.0. The van der Waals surface area contributed by atoms with Crippen molar-refractivity contribution in [2.45, 2.75) is 57.3 Å². The first-order valence-corrected chi connectivity index (χ1v) is 8.57. The van der Waals surface area contributed by atoms with Crippen molar-refractivity contribution >= 4 is 15.9 Å². The Labute approximate surface area is 130 Å². The molecule has 2 atom stereocenters. The lowest BCUT2D eigenvalue weighted by molar-refractivity contribution is -0.157. The molecule has 1 N–H and O–H groups in total. The van der Waals surface area contributed by atoms with E-state index in [1.54, 1.807) is 0 Å². The Balaban J connectivity index is 1.61. The Hall–Kier alpha value is -0.380. The largest absolute Gasteiger partial charge is 0.373 e. The predicted octanol–water partition coefficient (Wildman–Crippen LogP) is 4.28.